The van der Waals surface area contributed by atoms with Crippen LogP contribution in [-0.4, -0.2) is 24.3 Å². The maximum absolute atomic E-state index is 12.0. The van der Waals surface area contributed by atoms with Gasteiger partial charge in [0, 0.05) is 24.3 Å². The zero-order chi connectivity index (χ0) is 22.9. The first-order chi connectivity index (χ1) is 15.5. The first-order valence-electron chi connectivity index (χ1n) is 10.6. The van der Waals surface area contributed by atoms with Gasteiger partial charge in [0.25, 0.3) is 0 Å². The molecule has 0 saturated carbocycles. The van der Waals surface area contributed by atoms with Gasteiger partial charge in [0.2, 0.25) is 5.91 Å². The number of methoxy groups -OCH3 is 1. The lowest BCUT2D eigenvalue weighted by atomic mass is 10.0. The number of nitrogens with one attached hydrogen (secondary N) is 1. The number of carbonyl (C=O) groups excluding carboxylic acids is 1. The Balaban J connectivity index is 1.80. The minimum absolute atomic E-state index is 0.0357. The molecule has 0 fully saturated rings. The van der Waals surface area contributed by atoms with E-state index >= 15 is 0 Å². The summed E-state index contributed by atoms with van der Waals surface area (Å²) in [5.41, 5.74) is 4.13. The zero-order valence-electron chi connectivity index (χ0n) is 18.3. The van der Waals surface area contributed by atoms with Gasteiger partial charge in [-0.1, -0.05) is 43.7 Å². The number of benzene rings is 3. The fourth-order valence-electron chi connectivity index (χ4n) is 3.27. The van der Waals surface area contributed by atoms with Gasteiger partial charge in [0.05, 0.1) is 23.0 Å². The number of halogens is 1. The standard InChI is InChI=1S/C26H27BrN2O3/c1-3-4-10-25(30)29-23-12-11-21(16-24(23)32-2)28-17-20-14-19(15-22(27)26(20)31)13-18-8-6-5-7-9-18/h5-9,11-12,14-17,31H,3-4,10,13H2,1-2H3,(H,29,30). The van der Waals surface area contributed by atoms with Crippen molar-refractivity contribution in [1.82, 2.24) is 0 Å². The monoisotopic (exact) mass is 494 g/mol. The number of rotatable bonds is 9. The molecule has 5 nitrogen and oxygen atoms in total. The third-order valence-electron chi connectivity index (χ3n) is 4.97. The van der Waals surface area contributed by atoms with Gasteiger partial charge in [-0.2, -0.15) is 0 Å². The van der Waals surface area contributed by atoms with Crippen LogP contribution in [0.1, 0.15) is 42.9 Å². The van der Waals surface area contributed by atoms with Gasteiger partial charge in [-0.15, -0.1) is 0 Å². The van der Waals surface area contributed by atoms with E-state index in [2.05, 4.69) is 38.4 Å². The molecule has 166 valence electrons. The summed E-state index contributed by atoms with van der Waals surface area (Å²) in [5.74, 6) is 0.636. The Morgan fingerprint density at radius 2 is 1.91 bits per heavy atom. The van der Waals surface area contributed by atoms with Gasteiger partial charge in [-0.25, -0.2) is 0 Å². The molecular weight excluding hydrogens is 468 g/mol. The second-order valence-electron chi connectivity index (χ2n) is 7.47. The highest BCUT2D eigenvalue weighted by Gasteiger charge is 2.10. The van der Waals surface area contributed by atoms with Crippen LogP contribution in [0.4, 0.5) is 11.4 Å². The minimum atomic E-state index is -0.0357. The minimum Gasteiger partial charge on any atom is -0.506 e. The van der Waals surface area contributed by atoms with E-state index < -0.39 is 0 Å². The molecule has 0 atom stereocenters. The van der Waals surface area contributed by atoms with E-state index in [1.165, 1.54) is 5.56 Å². The first-order valence-corrected chi connectivity index (χ1v) is 11.4. The topological polar surface area (TPSA) is 70.9 Å². The van der Waals surface area contributed by atoms with Crippen LogP contribution in [0.5, 0.6) is 11.5 Å². The van der Waals surface area contributed by atoms with Crippen LogP contribution in [-0.2, 0) is 11.2 Å². The maximum atomic E-state index is 12.0. The molecule has 0 spiro atoms. The second-order valence-corrected chi connectivity index (χ2v) is 8.33. The number of aliphatic imine (C=N–C) groups is 1. The van der Waals surface area contributed by atoms with Crippen LogP contribution in [0.25, 0.3) is 0 Å². The van der Waals surface area contributed by atoms with Crippen molar-refractivity contribution in [2.75, 3.05) is 12.4 Å². The molecular formula is C26H27BrN2O3. The predicted molar refractivity (Wildman–Crippen MR) is 133 cm³/mol. The maximum Gasteiger partial charge on any atom is 0.224 e. The highest BCUT2D eigenvalue weighted by Crippen LogP contribution is 2.32. The Labute approximate surface area is 197 Å². The molecule has 0 aromatic heterocycles. The molecule has 0 heterocycles. The average Bonchev–Trinajstić information content (AvgIpc) is 2.80. The lowest BCUT2D eigenvalue weighted by molar-refractivity contribution is -0.116. The second kappa shape index (κ2) is 11.5. The fraction of sp³-hybridized carbons (Fsp3) is 0.231. The van der Waals surface area contributed by atoms with Gasteiger partial charge < -0.3 is 15.2 Å². The summed E-state index contributed by atoms with van der Waals surface area (Å²) in [5, 5.41) is 13.4. The lowest BCUT2D eigenvalue weighted by Crippen LogP contribution is -2.11. The molecule has 3 aromatic rings. The van der Waals surface area contributed by atoms with Crippen molar-refractivity contribution in [3.63, 3.8) is 0 Å². The van der Waals surface area contributed by atoms with Crippen LogP contribution in [0.3, 0.4) is 0 Å². The smallest absolute Gasteiger partial charge is 0.224 e. The third kappa shape index (κ3) is 6.44. The van der Waals surface area contributed by atoms with Gasteiger partial charge in [0.1, 0.15) is 11.5 Å². The molecule has 32 heavy (non-hydrogen) atoms. The summed E-state index contributed by atoms with van der Waals surface area (Å²) >= 11 is 3.44. The fourth-order valence-corrected chi connectivity index (χ4v) is 3.79. The molecule has 0 radical (unpaired) electrons. The quantitative estimate of drug-likeness (QED) is 0.327. The van der Waals surface area contributed by atoms with Gasteiger partial charge in [0.15, 0.2) is 0 Å². The molecule has 3 aromatic carbocycles. The summed E-state index contributed by atoms with van der Waals surface area (Å²) in [6.07, 6.45) is 4.67. The van der Waals surface area contributed by atoms with Gasteiger partial charge in [-0.3, -0.25) is 9.79 Å². The highest BCUT2D eigenvalue weighted by molar-refractivity contribution is 9.10. The SMILES string of the molecule is CCCCC(=O)Nc1ccc(N=Cc2cc(Cc3ccccc3)cc(Br)c2O)cc1OC. The van der Waals surface area contributed by atoms with Crippen molar-refractivity contribution in [1.29, 1.82) is 0 Å². The number of carbonyl (C=O) groups is 1. The van der Waals surface area contributed by atoms with Crippen molar-refractivity contribution in [2.24, 2.45) is 4.99 Å². The van der Waals surface area contributed by atoms with E-state index in [4.69, 9.17) is 4.74 Å². The molecule has 0 aliphatic rings. The summed E-state index contributed by atoms with van der Waals surface area (Å²) < 4.78 is 6.05. The molecule has 1 amide bonds. The van der Waals surface area contributed by atoms with Crippen molar-refractivity contribution in [3.05, 3.63) is 81.8 Å². The Kier molecular flexibility index (Phi) is 8.45. The number of hydrogen-bond acceptors (Lipinski definition) is 4. The molecule has 6 heteroatoms. The number of ether oxygens (including phenoxy) is 1. The lowest BCUT2D eigenvalue weighted by Gasteiger charge is -2.11. The van der Waals surface area contributed by atoms with E-state index in [1.807, 2.05) is 37.3 Å². The first kappa shape index (κ1) is 23.5. The number of phenolic OH excluding ortho intramolecular Hbond substituents is 1. The van der Waals surface area contributed by atoms with Crippen LogP contribution in [0.2, 0.25) is 0 Å². The third-order valence-corrected chi connectivity index (χ3v) is 5.58. The van der Waals surface area contributed by atoms with Gasteiger partial charge >= 0.3 is 0 Å². The molecule has 3 rings (SSSR count). The number of anilines is 1. The number of aromatic hydroxyl groups is 1. The van der Waals surface area contributed by atoms with Crippen molar-refractivity contribution in [3.8, 4) is 11.5 Å². The molecule has 0 unspecified atom stereocenters. The van der Waals surface area contributed by atoms with Crippen molar-refractivity contribution < 1.29 is 14.6 Å². The predicted octanol–water partition coefficient (Wildman–Crippen LogP) is 6.63. The van der Waals surface area contributed by atoms with Gasteiger partial charge in [-0.05, 0) is 64.2 Å². The number of phenols is 1. The van der Waals surface area contributed by atoms with E-state index in [0.29, 0.717) is 33.6 Å². The molecule has 0 bridgehead atoms. The summed E-state index contributed by atoms with van der Waals surface area (Å²) in [4.78, 5) is 16.5. The van der Waals surface area contributed by atoms with E-state index in [0.717, 1.165) is 24.8 Å². The summed E-state index contributed by atoms with van der Waals surface area (Å²) in [6, 6.07) is 19.3. The number of nitrogens with zero attached hydrogens (tertiary/aromatic N) is 1. The summed E-state index contributed by atoms with van der Waals surface area (Å²) in [7, 11) is 1.56. The highest BCUT2D eigenvalue weighted by atomic mass is 79.9. The van der Waals surface area contributed by atoms with Crippen LogP contribution in [0.15, 0.2) is 70.1 Å². The van der Waals surface area contributed by atoms with E-state index in [1.54, 1.807) is 31.5 Å². The number of unbranched alkanes of at least 4 members (excludes halogenated alkanes) is 1. The molecule has 0 aliphatic heterocycles. The Bertz CT molecular complexity index is 1100. The van der Waals surface area contributed by atoms with E-state index in [9.17, 15) is 9.90 Å². The largest absolute Gasteiger partial charge is 0.506 e. The van der Waals surface area contributed by atoms with Crippen molar-refractivity contribution >= 4 is 39.4 Å². The normalized spacial score (nSPS) is 11.0. The number of amides is 1. The Hall–Kier alpha value is -3.12. The zero-order valence-corrected chi connectivity index (χ0v) is 19.9. The Morgan fingerprint density at radius 1 is 1.12 bits per heavy atom. The van der Waals surface area contributed by atoms with Crippen LogP contribution < -0.4 is 10.1 Å². The average molecular weight is 495 g/mol. The summed E-state index contributed by atoms with van der Waals surface area (Å²) in [6.45, 7) is 2.05. The van der Waals surface area contributed by atoms with Crippen molar-refractivity contribution in [2.45, 2.75) is 32.6 Å². The van der Waals surface area contributed by atoms with Crippen LogP contribution in [0, 0.1) is 0 Å². The van der Waals surface area contributed by atoms with Crippen LogP contribution >= 0.6 is 15.9 Å². The number of hydrogen-bond donors (Lipinski definition) is 2. The molecule has 0 aliphatic carbocycles. The molecule has 0 saturated heterocycles. The molecule has 2 N–H and O–H groups in total. The van der Waals surface area contributed by atoms with E-state index in [-0.39, 0.29) is 11.7 Å². The Morgan fingerprint density at radius 3 is 2.62 bits per heavy atom.